The largest absolute Gasteiger partial charge is 0.391 e. The zero-order valence-corrected chi connectivity index (χ0v) is 17.0. The molecule has 1 saturated heterocycles. The van der Waals surface area contributed by atoms with Crippen LogP contribution in [0.25, 0.3) is 11.0 Å². The molecule has 1 atom stereocenters. The molecule has 148 valence electrons. The highest BCUT2D eigenvalue weighted by molar-refractivity contribution is 5.97. The second-order valence-electron chi connectivity index (χ2n) is 8.07. The number of aryl methyl sites for hydroxylation is 1. The van der Waals surface area contributed by atoms with Crippen molar-refractivity contribution in [1.82, 2.24) is 19.8 Å². The third kappa shape index (κ3) is 3.94. The number of benzene rings is 1. The summed E-state index contributed by atoms with van der Waals surface area (Å²) < 4.78 is 2.02. The van der Waals surface area contributed by atoms with Crippen LogP contribution in [0.1, 0.15) is 37.6 Å². The van der Waals surface area contributed by atoms with Crippen LogP contribution in [-0.2, 0) is 7.05 Å². The van der Waals surface area contributed by atoms with E-state index in [1.165, 1.54) is 0 Å². The Balaban J connectivity index is 1.77. The van der Waals surface area contributed by atoms with Crippen molar-refractivity contribution in [2.24, 2.45) is 7.05 Å². The minimum absolute atomic E-state index is 0.0849. The molecule has 0 aliphatic carbocycles. The van der Waals surface area contributed by atoms with Gasteiger partial charge in [-0.3, -0.25) is 9.69 Å². The smallest absolute Gasteiger partial charge is 0.251 e. The molecule has 1 aliphatic rings. The highest BCUT2D eigenvalue weighted by Crippen LogP contribution is 2.25. The number of nitrogens with zero attached hydrogens (tertiary/aromatic N) is 4. The van der Waals surface area contributed by atoms with E-state index >= 15 is 0 Å². The number of anilines is 1. The van der Waals surface area contributed by atoms with Gasteiger partial charge in [0.25, 0.3) is 5.91 Å². The van der Waals surface area contributed by atoms with Crippen molar-refractivity contribution >= 4 is 22.9 Å². The van der Waals surface area contributed by atoms with Gasteiger partial charge in [-0.2, -0.15) is 0 Å². The Labute approximate surface area is 161 Å². The molecule has 27 heavy (non-hydrogen) atoms. The maximum absolute atomic E-state index is 12.6. The lowest BCUT2D eigenvalue weighted by Crippen LogP contribution is -2.49. The van der Waals surface area contributed by atoms with Crippen LogP contribution in [0.3, 0.4) is 0 Å². The monoisotopic (exact) mass is 373 g/mol. The SMILES string of the molecule is CCN(C)C(C)(C)CNC(=O)c1ccc2c(c1)nc(N1CC[C@H](O)C1)n2C. The predicted molar refractivity (Wildman–Crippen MR) is 108 cm³/mol. The Bertz CT molecular complexity index is 829. The van der Waals surface area contributed by atoms with Crippen LogP contribution < -0.4 is 10.2 Å². The van der Waals surface area contributed by atoms with Crippen molar-refractivity contribution < 1.29 is 9.90 Å². The summed E-state index contributed by atoms with van der Waals surface area (Å²) in [6.45, 7) is 9.25. The van der Waals surface area contributed by atoms with Gasteiger partial charge < -0.3 is 19.9 Å². The maximum Gasteiger partial charge on any atom is 0.251 e. The molecule has 1 aliphatic heterocycles. The van der Waals surface area contributed by atoms with E-state index < -0.39 is 0 Å². The number of hydrogen-bond donors (Lipinski definition) is 2. The van der Waals surface area contributed by atoms with Gasteiger partial charge in [0, 0.05) is 37.8 Å². The van der Waals surface area contributed by atoms with E-state index in [2.05, 4.69) is 42.9 Å². The van der Waals surface area contributed by atoms with Crippen LogP contribution >= 0.6 is 0 Å². The summed E-state index contributed by atoms with van der Waals surface area (Å²) >= 11 is 0. The van der Waals surface area contributed by atoms with Crippen molar-refractivity contribution in [1.29, 1.82) is 0 Å². The molecule has 7 nitrogen and oxygen atoms in total. The fourth-order valence-corrected chi connectivity index (χ4v) is 3.50. The van der Waals surface area contributed by atoms with Gasteiger partial charge in [-0.25, -0.2) is 4.98 Å². The third-order valence-corrected chi connectivity index (χ3v) is 5.75. The van der Waals surface area contributed by atoms with Gasteiger partial charge in [0.15, 0.2) is 0 Å². The molecule has 0 radical (unpaired) electrons. The highest BCUT2D eigenvalue weighted by atomic mass is 16.3. The normalized spacial score (nSPS) is 17.9. The van der Waals surface area contributed by atoms with E-state index in [9.17, 15) is 9.90 Å². The standard InChI is InChI=1S/C20H31N5O2/c1-6-23(4)20(2,3)13-21-18(27)14-7-8-17-16(11-14)22-19(24(17)5)25-10-9-15(26)12-25/h7-8,11,15,26H,6,9-10,12-13H2,1-5H3,(H,21,27)/t15-/m0/s1. The number of imidazole rings is 1. The zero-order chi connectivity index (χ0) is 19.8. The number of rotatable bonds is 6. The second-order valence-corrected chi connectivity index (χ2v) is 8.07. The number of carbonyl (C=O) groups is 1. The molecule has 0 bridgehead atoms. The first kappa shape index (κ1) is 19.6. The van der Waals surface area contributed by atoms with Crippen LogP contribution in [0, 0.1) is 0 Å². The van der Waals surface area contributed by atoms with Gasteiger partial charge in [0.1, 0.15) is 0 Å². The molecular formula is C20H31N5O2. The van der Waals surface area contributed by atoms with Gasteiger partial charge in [-0.15, -0.1) is 0 Å². The predicted octanol–water partition coefficient (Wildman–Crippen LogP) is 1.60. The molecule has 0 spiro atoms. The molecule has 0 saturated carbocycles. The van der Waals surface area contributed by atoms with E-state index in [1.807, 2.05) is 29.8 Å². The average Bonchev–Trinajstić information content (AvgIpc) is 3.22. The molecular weight excluding hydrogens is 342 g/mol. The van der Waals surface area contributed by atoms with Crippen molar-refractivity contribution in [2.75, 3.05) is 38.1 Å². The highest BCUT2D eigenvalue weighted by Gasteiger charge is 2.25. The second kappa shape index (κ2) is 7.48. The van der Waals surface area contributed by atoms with E-state index in [0.717, 1.165) is 36.5 Å². The van der Waals surface area contributed by atoms with Crippen molar-refractivity contribution in [3.8, 4) is 0 Å². The molecule has 7 heteroatoms. The quantitative estimate of drug-likeness (QED) is 0.805. The number of aromatic nitrogens is 2. The molecule has 0 unspecified atom stereocenters. The van der Waals surface area contributed by atoms with Crippen molar-refractivity contribution in [2.45, 2.75) is 38.8 Å². The number of hydrogen-bond acceptors (Lipinski definition) is 5. The first-order valence-corrected chi connectivity index (χ1v) is 9.62. The summed E-state index contributed by atoms with van der Waals surface area (Å²) in [6.07, 6.45) is 0.467. The first-order valence-electron chi connectivity index (χ1n) is 9.62. The molecule has 2 heterocycles. The number of aliphatic hydroxyl groups is 1. The molecule has 2 N–H and O–H groups in total. The van der Waals surface area contributed by atoms with E-state index in [0.29, 0.717) is 18.7 Å². The lowest BCUT2D eigenvalue weighted by atomic mass is 10.0. The number of nitrogens with one attached hydrogen (secondary N) is 1. The topological polar surface area (TPSA) is 73.6 Å². The zero-order valence-electron chi connectivity index (χ0n) is 17.0. The number of carbonyl (C=O) groups excluding carboxylic acids is 1. The molecule has 3 rings (SSSR count). The number of amides is 1. The Morgan fingerprint density at radius 2 is 2.19 bits per heavy atom. The van der Waals surface area contributed by atoms with Gasteiger partial charge >= 0.3 is 0 Å². The molecule has 1 aromatic heterocycles. The number of aliphatic hydroxyl groups excluding tert-OH is 1. The van der Waals surface area contributed by atoms with Gasteiger partial charge in [-0.05, 0) is 52.1 Å². The van der Waals surface area contributed by atoms with Gasteiger partial charge in [-0.1, -0.05) is 6.92 Å². The molecule has 1 amide bonds. The Morgan fingerprint density at radius 1 is 1.44 bits per heavy atom. The molecule has 1 fully saturated rings. The van der Waals surface area contributed by atoms with E-state index in [1.54, 1.807) is 0 Å². The summed E-state index contributed by atoms with van der Waals surface area (Å²) in [5, 5.41) is 12.8. The van der Waals surface area contributed by atoms with E-state index in [-0.39, 0.29) is 17.6 Å². The van der Waals surface area contributed by atoms with E-state index in [4.69, 9.17) is 4.98 Å². The maximum atomic E-state index is 12.6. The van der Waals surface area contributed by atoms with Crippen LogP contribution in [0.15, 0.2) is 18.2 Å². The summed E-state index contributed by atoms with van der Waals surface area (Å²) in [5.41, 5.74) is 2.28. The first-order chi connectivity index (χ1) is 12.7. The van der Waals surface area contributed by atoms with Crippen molar-refractivity contribution in [3.63, 3.8) is 0 Å². The fourth-order valence-electron chi connectivity index (χ4n) is 3.50. The lowest BCUT2D eigenvalue weighted by molar-refractivity contribution is 0.0908. The van der Waals surface area contributed by atoms with Gasteiger partial charge in [0.05, 0.1) is 17.1 Å². The number of likely N-dealkylation sites (N-methyl/N-ethyl adjacent to an activating group) is 1. The fraction of sp³-hybridized carbons (Fsp3) is 0.600. The Hall–Kier alpha value is -2.12. The summed E-state index contributed by atoms with van der Waals surface area (Å²) in [4.78, 5) is 21.6. The van der Waals surface area contributed by atoms with Crippen LogP contribution in [0.4, 0.5) is 5.95 Å². The minimum atomic E-state index is -0.296. The minimum Gasteiger partial charge on any atom is -0.391 e. The molecule has 1 aromatic carbocycles. The number of fused-ring (bicyclic) bond motifs is 1. The van der Waals surface area contributed by atoms with Crippen molar-refractivity contribution in [3.05, 3.63) is 23.8 Å². The Kier molecular flexibility index (Phi) is 5.44. The summed E-state index contributed by atoms with van der Waals surface area (Å²) in [7, 11) is 4.03. The van der Waals surface area contributed by atoms with Crippen LogP contribution in [0.2, 0.25) is 0 Å². The number of β-amino-alcohol motifs (C(OH)–C–C–N with tert-alkyl or cyclic N) is 1. The van der Waals surface area contributed by atoms with Crippen LogP contribution in [0.5, 0.6) is 0 Å². The Morgan fingerprint density at radius 3 is 2.81 bits per heavy atom. The summed E-state index contributed by atoms with van der Waals surface area (Å²) in [6, 6.07) is 5.63. The third-order valence-electron chi connectivity index (χ3n) is 5.75. The molecule has 2 aromatic rings. The van der Waals surface area contributed by atoms with Crippen LogP contribution in [-0.4, -0.2) is 70.3 Å². The lowest BCUT2D eigenvalue weighted by Gasteiger charge is -2.34. The average molecular weight is 374 g/mol. The van der Waals surface area contributed by atoms with Gasteiger partial charge in [0.2, 0.25) is 5.95 Å². The summed E-state index contributed by atoms with van der Waals surface area (Å²) in [5.74, 6) is 0.753.